The summed E-state index contributed by atoms with van der Waals surface area (Å²) < 4.78 is 6.09. The van der Waals surface area contributed by atoms with Crippen LogP contribution in [-0.2, 0) is 4.74 Å². The van der Waals surface area contributed by atoms with Gasteiger partial charge < -0.3 is 21.9 Å². The standard InChI is InChI=1S/C34H61N3O2/c1-23(2)9-6-10-24(3)28-14-15-29-27-13-12-25-22-34(17-8-20-36,39-31(37)38)26(11-7-19-35)21-33(25,5)30(27)16-18-32(28,29)4/h12,23-24,26-30H,6-11,13-22,35-36H2,1-5H3,(H2,37,38)/t24-,26?,27?,28-,29?,30?,32-,33+,34?/m1/s1. The molecular weight excluding hydrogens is 482 g/mol. The maximum atomic E-state index is 12.2. The predicted molar refractivity (Wildman–Crippen MR) is 162 cm³/mol. The van der Waals surface area contributed by atoms with Gasteiger partial charge in [0.2, 0.25) is 0 Å². The fraction of sp³-hybridized carbons (Fsp3) is 0.912. The summed E-state index contributed by atoms with van der Waals surface area (Å²) in [7, 11) is 0. The second-order valence-electron chi connectivity index (χ2n) is 15.2. The van der Waals surface area contributed by atoms with E-state index in [0.717, 1.165) is 74.0 Å². The molecule has 0 aromatic rings. The fourth-order valence-electron chi connectivity index (χ4n) is 10.7. The Kier molecular flexibility index (Phi) is 9.84. The molecule has 4 aliphatic rings. The van der Waals surface area contributed by atoms with Crippen molar-refractivity contribution in [1.82, 2.24) is 0 Å². The molecule has 5 heteroatoms. The third-order valence-electron chi connectivity index (χ3n) is 12.6. The predicted octanol–water partition coefficient (Wildman–Crippen LogP) is 7.57. The molecule has 4 rings (SSSR count). The number of primary amides is 1. The lowest BCUT2D eigenvalue weighted by atomic mass is 9.44. The molecule has 3 saturated carbocycles. The quantitative estimate of drug-likeness (QED) is 0.221. The molecule has 0 aromatic carbocycles. The summed E-state index contributed by atoms with van der Waals surface area (Å²) in [5.41, 5.74) is 19.3. The van der Waals surface area contributed by atoms with Gasteiger partial charge in [0.25, 0.3) is 0 Å². The zero-order chi connectivity index (χ0) is 28.4. The van der Waals surface area contributed by atoms with Crippen LogP contribution in [0.4, 0.5) is 4.79 Å². The van der Waals surface area contributed by atoms with Gasteiger partial charge in [-0.15, -0.1) is 0 Å². The number of rotatable bonds is 12. The minimum Gasteiger partial charge on any atom is -0.442 e. The molecule has 0 heterocycles. The molecule has 224 valence electrons. The summed E-state index contributed by atoms with van der Waals surface area (Å²) in [5, 5.41) is 0. The van der Waals surface area contributed by atoms with E-state index in [9.17, 15) is 4.79 Å². The first-order valence-electron chi connectivity index (χ1n) is 16.6. The lowest BCUT2D eigenvalue weighted by molar-refractivity contribution is -0.109. The third kappa shape index (κ3) is 5.96. The van der Waals surface area contributed by atoms with Crippen molar-refractivity contribution in [2.75, 3.05) is 13.1 Å². The average Bonchev–Trinajstić information content (AvgIpc) is 3.23. The van der Waals surface area contributed by atoms with Crippen LogP contribution in [0.1, 0.15) is 125 Å². The van der Waals surface area contributed by atoms with Crippen LogP contribution in [0, 0.1) is 52.3 Å². The smallest absolute Gasteiger partial charge is 0.405 e. The number of fused-ring (bicyclic) bond motifs is 5. The highest BCUT2D eigenvalue weighted by Crippen LogP contribution is 2.69. The van der Waals surface area contributed by atoms with Gasteiger partial charge in [0.15, 0.2) is 0 Å². The Morgan fingerprint density at radius 3 is 2.44 bits per heavy atom. The van der Waals surface area contributed by atoms with Gasteiger partial charge in [-0.1, -0.05) is 65.5 Å². The van der Waals surface area contributed by atoms with Crippen LogP contribution < -0.4 is 17.2 Å². The zero-order valence-corrected chi connectivity index (χ0v) is 26.0. The number of carbonyl (C=O) groups excluding carboxylic acids is 1. The zero-order valence-electron chi connectivity index (χ0n) is 26.0. The van der Waals surface area contributed by atoms with Crippen molar-refractivity contribution in [3.05, 3.63) is 11.6 Å². The first-order chi connectivity index (χ1) is 18.5. The van der Waals surface area contributed by atoms with E-state index in [1.165, 1.54) is 56.9 Å². The summed E-state index contributed by atoms with van der Waals surface area (Å²) in [6.45, 7) is 13.8. The van der Waals surface area contributed by atoms with E-state index in [4.69, 9.17) is 21.9 Å². The molecule has 5 nitrogen and oxygen atoms in total. The molecule has 39 heavy (non-hydrogen) atoms. The number of nitrogens with two attached hydrogens (primary N) is 3. The van der Waals surface area contributed by atoms with E-state index in [1.54, 1.807) is 0 Å². The van der Waals surface area contributed by atoms with Crippen molar-refractivity contribution in [1.29, 1.82) is 0 Å². The van der Waals surface area contributed by atoms with Gasteiger partial charge in [-0.2, -0.15) is 0 Å². The summed E-state index contributed by atoms with van der Waals surface area (Å²) in [5.74, 6) is 5.18. The number of amides is 1. The van der Waals surface area contributed by atoms with Crippen LogP contribution in [0.5, 0.6) is 0 Å². The Morgan fingerprint density at radius 1 is 1.03 bits per heavy atom. The van der Waals surface area contributed by atoms with Gasteiger partial charge in [-0.3, -0.25) is 0 Å². The van der Waals surface area contributed by atoms with E-state index >= 15 is 0 Å². The third-order valence-corrected chi connectivity index (χ3v) is 12.6. The van der Waals surface area contributed by atoms with E-state index in [1.807, 2.05) is 0 Å². The number of hydrogen-bond acceptors (Lipinski definition) is 4. The Hall–Kier alpha value is -1.07. The molecule has 1 amide bonds. The Balaban J connectivity index is 1.58. The average molecular weight is 544 g/mol. The van der Waals surface area contributed by atoms with Gasteiger partial charge in [0.1, 0.15) is 5.60 Å². The lowest BCUT2D eigenvalue weighted by Crippen LogP contribution is -2.56. The van der Waals surface area contributed by atoms with Crippen molar-refractivity contribution in [2.45, 2.75) is 130 Å². The molecule has 5 unspecified atom stereocenters. The van der Waals surface area contributed by atoms with Crippen LogP contribution >= 0.6 is 0 Å². The summed E-state index contributed by atoms with van der Waals surface area (Å²) in [6, 6.07) is 0. The number of carbonyl (C=O) groups is 1. The van der Waals surface area contributed by atoms with Gasteiger partial charge >= 0.3 is 6.09 Å². The Bertz CT molecular complexity index is 873. The van der Waals surface area contributed by atoms with E-state index in [-0.39, 0.29) is 11.3 Å². The van der Waals surface area contributed by atoms with Crippen LogP contribution in [0.15, 0.2) is 11.6 Å². The van der Waals surface area contributed by atoms with Gasteiger partial charge in [-0.25, -0.2) is 4.79 Å². The molecule has 0 radical (unpaired) electrons. The SMILES string of the molecule is CC(C)CCC[C@@H](C)[C@H]1CCC2C3CC=C4CC(CCCN)(OC(N)=O)C(CCCN)C[C@]4(C)C3CC[C@@]21C. The highest BCUT2D eigenvalue weighted by Gasteiger charge is 2.62. The van der Waals surface area contributed by atoms with Crippen LogP contribution in [-0.4, -0.2) is 24.8 Å². The molecule has 0 aliphatic heterocycles. The molecule has 0 aromatic heterocycles. The van der Waals surface area contributed by atoms with Crippen LogP contribution in [0.3, 0.4) is 0 Å². The second kappa shape index (κ2) is 12.4. The minimum atomic E-state index is -0.643. The molecule has 3 fully saturated rings. The van der Waals surface area contributed by atoms with E-state index in [0.29, 0.717) is 18.5 Å². The van der Waals surface area contributed by atoms with Crippen molar-refractivity contribution >= 4 is 6.09 Å². The van der Waals surface area contributed by atoms with Gasteiger partial charge in [0, 0.05) is 12.3 Å². The molecule has 6 N–H and O–H groups in total. The molecule has 4 aliphatic carbocycles. The fourth-order valence-corrected chi connectivity index (χ4v) is 10.7. The second-order valence-corrected chi connectivity index (χ2v) is 15.2. The monoisotopic (exact) mass is 543 g/mol. The summed E-state index contributed by atoms with van der Waals surface area (Å²) in [4.78, 5) is 12.2. The Labute approximate surface area is 239 Å². The first-order valence-corrected chi connectivity index (χ1v) is 16.6. The van der Waals surface area contributed by atoms with Crippen LogP contribution in [0.2, 0.25) is 0 Å². The van der Waals surface area contributed by atoms with E-state index < -0.39 is 11.7 Å². The van der Waals surface area contributed by atoms with Gasteiger partial charge in [0.05, 0.1) is 0 Å². The van der Waals surface area contributed by atoms with Crippen molar-refractivity contribution in [2.24, 2.45) is 69.5 Å². The highest BCUT2D eigenvalue weighted by molar-refractivity contribution is 5.65. The molecule has 9 atom stereocenters. The molecule has 0 saturated heterocycles. The molecular formula is C34H61N3O2. The number of ether oxygens (including phenoxy) is 1. The first kappa shape index (κ1) is 30.9. The topological polar surface area (TPSA) is 104 Å². The van der Waals surface area contributed by atoms with E-state index in [2.05, 4.69) is 40.7 Å². The summed E-state index contributed by atoms with van der Waals surface area (Å²) >= 11 is 0. The van der Waals surface area contributed by atoms with Crippen molar-refractivity contribution in [3.63, 3.8) is 0 Å². The Morgan fingerprint density at radius 2 is 1.77 bits per heavy atom. The maximum Gasteiger partial charge on any atom is 0.405 e. The van der Waals surface area contributed by atoms with Gasteiger partial charge in [-0.05, 0) is 124 Å². The largest absolute Gasteiger partial charge is 0.442 e. The summed E-state index contributed by atoms with van der Waals surface area (Å²) in [6.07, 6.45) is 18.3. The maximum absolute atomic E-state index is 12.2. The van der Waals surface area contributed by atoms with Crippen molar-refractivity contribution < 1.29 is 9.53 Å². The van der Waals surface area contributed by atoms with Crippen LogP contribution in [0.25, 0.3) is 0 Å². The number of hydrogen-bond donors (Lipinski definition) is 3. The normalized spacial score (nSPS) is 40.4. The van der Waals surface area contributed by atoms with Crippen molar-refractivity contribution in [3.8, 4) is 0 Å². The highest BCUT2D eigenvalue weighted by atomic mass is 16.6. The molecule has 0 bridgehead atoms. The minimum absolute atomic E-state index is 0.178. The lowest BCUT2D eigenvalue weighted by Gasteiger charge is -2.61. The number of allylic oxidation sites excluding steroid dienone is 1. The molecule has 0 spiro atoms.